The molecule has 1 aliphatic heterocycles. The lowest BCUT2D eigenvalue weighted by Crippen LogP contribution is -2.55. The second kappa shape index (κ2) is 8.16. The number of likely N-dealkylation sites (tertiary alicyclic amines) is 1. The minimum absolute atomic E-state index is 0.367. The molecule has 2 aliphatic rings. The van der Waals surface area contributed by atoms with E-state index in [-0.39, 0.29) is 6.03 Å². The summed E-state index contributed by atoms with van der Waals surface area (Å²) in [4.78, 5) is 32.3. The summed E-state index contributed by atoms with van der Waals surface area (Å²) < 4.78 is 0. The van der Waals surface area contributed by atoms with Crippen molar-refractivity contribution >= 4 is 45.9 Å². The molecule has 0 spiro atoms. The van der Waals surface area contributed by atoms with Gasteiger partial charge >= 0.3 is 6.03 Å². The minimum Gasteiger partial charge on any atom is -0.397 e. The van der Waals surface area contributed by atoms with Crippen LogP contribution < -0.4 is 16.8 Å². The second-order valence-corrected chi connectivity index (χ2v) is 9.68. The third kappa shape index (κ3) is 4.52. The highest BCUT2D eigenvalue weighted by Crippen LogP contribution is 2.39. The number of carbonyl (C=O) groups is 2. The van der Waals surface area contributed by atoms with Gasteiger partial charge in [0.25, 0.3) is 0 Å². The topological polar surface area (TPSA) is 114 Å². The number of allylic oxidation sites excluding steroid dienone is 1. The number of carbonyl (C=O) groups excluding carboxylic acids is 2. The molecule has 3 rings (SSSR count). The molecule has 1 saturated heterocycles. The largest absolute Gasteiger partial charge is 0.397 e. The molecule has 3 amide bonds. The van der Waals surface area contributed by atoms with Gasteiger partial charge in [-0.1, -0.05) is 17.9 Å². The summed E-state index contributed by atoms with van der Waals surface area (Å²) in [6, 6.07) is -0.367. The van der Waals surface area contributed by atoms with E-state index in [1.807, 2.05) is 12.3 Å². The number of thiazole rings is 1. The van der Waals surface area contributed by atoms with Crippen LogP contribution in [0.15, 0.2) is 16.9 Å². The van der Waals surface area contributed by atoms with E-state index in [1.54, 1.807) is 18.7 Å². The molecule has 1 aromatic heterocycles. The summed E-state index contributed by atoms with van der Waals surface area (Å²) in [5.74, 6) is 0.296. The van der Waals surface area contributed by atoms with Crippen LogP contribution in [0.1, 0.15) is 49.6 Å². The summed E-state index contributed by atoms with van der Waals surface area (Å²) in [6.07, 6.45) is 4.93. The Morgan fingerprint density at radius 2 is 2.18 bits per heavy atom. The first kappa shape index (κ1) is 20.7. The van der Waals surface area contributed by atoms with Gasteiger partial charge in [0.1, 0.15) is 5.54 Å². The van der Waals surface area contributed by atoms with Gasteiger partial charge in [-0.15, -0.1) is 11.8 Å². The number of nitrogens with one attached hydrogen (secondary N) is 1. The summed E-state index contributed by atoms with van der Waals surface area (Å²) in [6.45, 7) is 8.14. The monoisotopic (exact) mass is 421 g/mol. The predicted octanol–water partition coefficient (Wildman–Crippen LogP) is 3.63. The molecule has 0 radical (unpaired) electrons. The smallest absolute Gasteiger partial charge is 0.324 e. The number of aryl methyl sites for hydroxylation is 1. The Morgan fingerprint density at radius 3 is 2.82 bits per heavy atom. The van der Waals surface area contributed by atoms with Gasteiger partial charge in [0.15, 0.2) is 5.13 Å². The summed E-state index contributed by atoms with van der Waals surface area (Å²) in [5, 5.41) is 5.13. The zero-order valence-electron chi connectivity index (χ0n) is 16.3. The number of amides is 3. The number of aromatic nitrogens is 1. The fourth-order valence-corrected chi connectivity index (χ4v) is 5.02. The molecule has 1 aromatic rings. The molecule has 2 fully saturated rings. The maximum atomic E-state index is 12.7. The maximum absolute atomic E-state index is 12.7. The van der Waals surface area contributed by atoms with E-state index in [1.165, 1.54) is 29.1 Å². The van der Waals surface area contributed by atoms with Crippen molar-refractivity contribution in [3.05, 3.63) is 27.5 Å². The number of rotatable bonds is 7. The second-order valence-electron chi connectivity index (χ2n) is 7.63. The number of anilines is 1. The van der Waals surface area contributed by atoms with E-state index in [9.17, 15) is 9.59 Å². The van der Waals surface area contributed by atoms with Gasteiger partial charge in [0.2, 0.25) is 5.91 Å². The van der Waals surface area contributed by atoms with Gasteiger partial charge in [-0.3, -0.25) is 10.1 Å². The van der Waals surface area contributed by atoms with E-state index in [0.717, 1.165) is 34.2 Å². The molecule has 152 valence electrons. The van der Waals surface area contributed by atoms with Crippen LogP contribution in [-0.4, -0.2) is 33.9 Å². The molecule has 5 N–H and O–H groups in total. The number of hydrogen-bond acceptors (Lipinski definition) is 6. The SMILES string of the molecule is C=C(CC1CC1)S/C=C(\N)c1sc(NC(=O)N2CCC[C@@]2(C)C(N)=O)nc1C. The van der Waals surface area contributed by atoms with Crippen molar-refractivity contribution in [2.75, 3.05) is 11.9 Å². The number of urea groups is 1. The van der Waals surface area contributed by atoms with Gasteiger partial charge in [0.05, 0.1) is 16.3 Å². The van der Waals surface area contributed by atoms with Gasteiger partial charge in [-0.25, -0.2) is 9.78 Å². The lowest BCUT2D eigenvalue weighted by Gasteiger charge is -2.31. The highest BCUT2D eigenvalue weighted by Gasteiger charge is 2.44. The summed E-state index contributed by atoms with van der Waals surface area (Å²) in [5.41, 5.74) is 12.1. The van der Waals surface area contributed by atoms with Crippen molar-refractivity contribution in [1.82, 2.24) is 9.88 Å². The van der Waals surface area contributed by atoms with Crippen LogP contribution in [0.2, 0.25) is 0 Å². The van der Waals surface area contributed by atoms with Crippen LogP contribution in [0, 0.1) is 12.8 Å². The van der Waals surface area contributed by atoms with Crippen LogP contribution in [0.5, 0.6) is 0 Å². The first-order chi connectivity index (χ1) is 13.2. The fraction of sp³-hybridized carbons (Fsp3) is 0.526. The highest BCUT2D eigenvalue weighted by molar-refractivity contribution is 8.05. The molecule has 7 nitrogen and oxygen atoms in total. The van der Waals surface area contributed by atoms with Crippen LogP contribution in [0.4, 0.5) is 9.93 Å². The van der Waals surface area contributed by atoms with E-state index >= 15 is 0 Å². The molecule has 0 aromatic carbocycles. The Morgan fingerprint density at radius 1 is 1.46 bits per heavy atom. The van der Waals surface area contributed by atoms with Crippen molar-refractivity contribution in [2.24, 2.45) is 17.4 Å². The molecule has 1 atom stereocenters. The zero-order valence-corrected chi connectivity index (χ0v) is 17.9. The zero-order chi connectivity index (χ0) is 20.5. The third-order valence-electron chi connectivity index (χ3n) is 5.26. The molecule has 28 heavy (non-hydrogen) atoms. The van der Waals surface area contributed by atoms with Crippen LogP contribution >= 0.6 is 23.1 Å². The lowest BCUT2D eigenvalue weighted by atomic mass is 9.98. The Hall–Kier alpha value is -2.00. The molecular formula is C19H27N5O2S2. The van der Waals surface area contributed by atoms with Crippen molar-refractivity contribution in [1.29, 1.82) is 0 Å². The van der Waals surface area contributed by atoms with Crippen molar-refractivity contribution < 1.29 is 9.59 Å². The Kier molecular flexibility index (Phi) is 6.04. The number of hydrogen-bond donors (Lipinski definition) is 3. The normalized spacial score (nSPS) is 22.4. The first-order valence-corrected chi connectivity index (χ1v) is 11.1. The number of thioether (sulfide) groups is 1. The molecule has 0 unspecified atom stereocenters. The third-order valence-corrected chi connectivity index (χ3v) is 7.25. The molecular weight excluding hydrogens is 394 g/mol. The van der Waals surface area contributed by atoms with Crippen molar-refractivity contribution in [3.63, 3.8) is 0 Å². The number of nitrogens with two attached hydrogens (primary N) is 2. The molecule has 1 saturated carbocycles. The fourth-order valence-electron chi connectivity index (χ4n) is 3.31. The van der Waals surface area contributed by atoms with Crippen LogP contribution in [0.25, 0.3) is 5.70 Å². The average molecular weight is 422 g/mol. The molecule has 1 aliphatic carbocycles. The molecule has 9 heteroatoms. The summed E-state index contributed by atoms with van der Waals surface area (Å²) >= 11 is 2.87. The van der Waals surface area contributed by atoms with Gasteiger partial charge in [-0.05, 0) is 56.8 Å². The average Bonchev–Trinajstić information content (AvgIpc) is 3.22. The Bertz CT molecular complexity index is 830. The van der Waals surface area contributed by atoms with Crippen LogP contribution in [-0.2, 0) is 4.79 Å². The Labute approximate surface area is 173 Å². The number of nitrogens with zero attached hydrogens (tertiary/aromatic N) is 2. The Balaban J connectivity index is 1.65. The summed E-state index contributed by atoms with van der Waals surface area (Å²) in [7, 11) is 0. The standard InChI is InChI=1S/C19H27N5O2S2/c1-11(9-13-5-6-13)27-10-14(20)15-12(2)22-17(28-15)23-18(26)24-8-4-7-19(24,3)16(21)25/h10,13H,1,4-9,20H2,2-3H3,(H2,21,25)(H,22,23,26)/b14-10-/t19-/m0/s1. The van der Waals surface area contributed by atoms with Gasteiger partial charge < -0.3 is 16.4 Å². The van der Waals surface area contributed by atoms with Gasteiger partial charge in [0, 0.05) is 12.0 Å². The predicted molar refractivity (Wildman–Crippen MR) is 116 cm³/mol. The van der Waals surface area contributed by atoms with E-state index in [2.05, 4.69) is 16.9 Å². The van der Waals surface area contributed by atoms with Crippen LogP contribution in [0.3, 0.4) is 0 Å². The van der Waals surface area contributed by atoms with Gasteiger partial charge in [-0.2, -0.15) is 0 Å². The minimum atomic E-state index is -0.962. The van der Waals surface area contributed by atoms with Crippen molar-refractivity contribution in [3.8, 4) is 0 Å². The molecule has 0 bridgehead atoms. The van der Waals surface area contributed by atoms with E-state index < -0.39 is 11.4 Å². The maximum Gasteiger partial charge on any atom is 0.324 e. The van der Waals surface area contributed by atoms with E-state index in [0.29, 0.717) is 23.8 Å². The van der Waals surface area contributed by atoms with Crippen molar-refractivity contribution in [2.45, 2.75) is 51.5 Å². The highest BCUT2D eigenvalue weighted by atomic mass is 32.2. The van der Waals surface area contributed by atoms with E-state index in [4.69, 9.17) is 11.5 Å². The first-order valence-electron chi connectivity index (χ1n) is 9.37. The lowest BCUT2D eigenvalue weighted by molar-refractivity contribution is -0.126. The molecule has 2 heterocycles. The number of primary amides is 1. The quantitative estimate of drug-likeness (QED) is 0.622.